The second-order valence-corrected chi connectivity index (χ2v) is 5.62. The molecule has 0 bridgehead atoms. The Morgan fingerprint density at radius 3 is 2.39 bits per heavy atom. The van der Waals surface area contributed by atoms with Gasteiger partial charge in [0, 0.05) is 23.7 Å². The quantitative estimate of drug-likeness (QED) is 0.691. The van der Waals surface area contributed by atoms with E-state index in [0.29, 0.717) is 6.61 Å². The van der Waals surface area contributed by atoms with Gasteiger partial charge in [-0.05, 0) is 38.4 Å². The lowest BCUT2D eigenvalue weighted by Crippen LogP contribution is -2.19. The van der Waals surface area contributed by atoms with E-state index in [1.807, 2.05) is 74.8 Å². The Labute approximate surface area is 136 Å². The lowest BCUT2D eigenvalue weighted by atomic mass is 10.1. The Kier molecular flexibility index (Phi) is 4.74. The molecule has 0 unspecified atom stereocenters. The third kappa shape index (κ3) is 3.99. The van der Waals surface area contributed by atoms with Crippen molar-refractivity contribution in [3.8, 4) is 28.3 Å². The number of ether oxygens (including phenoxy) is 1. The van der Waals surface area contributed by atoms with Crippen LogP contribution in [0.15, 0.2) is 65.2 Å². The molecule has 0 N–H and O–H groups in total. The largest absolute Gasteiger partial charge is 0.492 e. The minimum Gasteiger partial charge on any atom is -0.492 e. The maximum atomic E-state index is 5.70. The predicted octanol–water partition coefficient (Wildman–Crippen LogP) is 3.95. The molecule has 0 aliphatic carbocycles. The normalized spacial score (nSPS) is 10.9. The summed E-state index contributed by atoms with van der Waals surface area (Å²) in [4.78, 5) is 2.09. The van der Waals surface area contributed by atoms with Gasteiger partial charge < -0.3 is 14.2 Å². The molecule has 0 atom stereocenters. The van der Waals surface area contributed by atoms with E-state index in [1.54, 1.807) is 0 Å². The molecule has 1 aromatic heterocycles. The van der Waals surface area contributed by atoms with E-state index < -0.39 is 0 Å². The summed E-state index contributed by atoms with van der Waals surface area (Å²) in [6.45, 7) is 1.57. The SMILES string of the molecule is CN(C)CCOc1ccc(-c2cc(-c3ccccc3)on2)cc1. The first-order valence-electron chi connectivity index (χ1n) is 7.62. The zero-order valence-electron chi connectivity index (χ0n) is 13.4. The van der Waals surface area contributed by atoms with Crippen LogP contribution < -0.4 is 4.74 Å². The number of likely N-dealkylation sites (N-methyl/N-ethyl adjacent to an activating group) is 1. The summed E-state index contributed by atoms with van der Waals surface area (Å²) in [5.74, 6) is 1.63. The molecule has 0 amide bonds. The number of rotatable bonds is 6. The van der Waals surface area contributed by atoms with E-state index in [1.165, 1.54) is 0 Å². The second-order valence-electron chi connectivity index (χ2n) is 5.62. The summed E-state index contributed by atoms with van der Waals surface area (Å²) in [5, 5.41) is 4.16. The molecule has 0 aliphatic rings. The number of nitrogens with zero attached hydrogens (tertiary/aromatic N) is 2. The Hall–Kier alpha value is -2.59. The molecule has 0 spiro atoms. The van der Waals surface area contributed by atoms with Crippen LogP contribution in [0.3, 0.4) is 0 Å². The van der Waals surface area contributed by atoms with Crippen molar-refractivity contribution in [1.29, 1.82) is 0 Å². The van der Waals surface area contributed by atoms with Crippen LogP contribution in [0.2, 0.25) is 0 Å². The smallest absolute Gasteiger partial charge is 0.167 e. The number of hydrogen-bond acceptors (Lipinski definition) is 4. The summed E-state index contributed by atoms with van der Waals surface area (Å²) in [5.41, 5.74) is 2.86. The highest BCUT2D eigenvalue weighted by molar-refractivity contribution is 5.66. The highest BCUT2D eigenvalue weighted by atomic mass is 16.5. The molecule has 0 saturated carbocycles. The number of benzene rings is 2. The van der Waals surface area contributed by atoms with E-state index in [4.69, 9.17) is 9.26 Å². The summed E-state index contributed by atoms with van der Waals surface area (Å²) >= 11 is 0. The molecular weight excluding hydrogens is 288 g/mol. The summed E-state index contributed by atoms with van der Waals surface area (Å²) in [7, 11) is 4.06. The van der Waals surface area contributed by atoms with Crippen molar-refractivity contribution in [2.24, 2.45) is 0 Å². The minimum atomic E-state index is 0.675. The predicted molar refractivity (Wildman–Crippen MR) is 91.4 cm³/mol. The fourth-order valence-corrected chi connectivity index (χ4v) is 2.22. The Morgan fingerprint density at radius 2 is 1.70 bits per heavy atom. The fraction of sp³-hybridized carbons (Fsp3) is 0.211. The van der Waals surface area contributed by atoms with Gasteiger partial charge in [-0.2, -0.15) is 0 Å². The topological polar surface area (TPSA) is 38.5 Å². The van der Waals surface area contributed by atoms with Crippen molar-refractivity contribution >= 4 is 0 Å². The molecule has 0 saturated heterocycles. The minimum absolute atomic E-state index is 0.675. The first kappa shape index (κ1) is 15.3. The van der Waals surface area contributed by atoms with Gasteiger partial charge >= 0.3 is 0 Å². The molecule has 2 aromatic carbocycles. The third-order valence-corrected chi connectivity index (χ3v) is 3.53. The lowest BCUT2D eigenvalue weighted by molar-refractivity contribution is 0.261. The number of aromatic nitrogens is 1. The van der Waals surface area contributed by atoms with Crippen molar-refractivity contribution in [2.75, 3.05) is 27.2 Å². The second kappa shape index (κ2) is 7.11. The molecule has 4 heteroatoms. The third-order valence-electron chi connectivity index (χ3n) is 3.53. The lowest BCUT2D eigenvalue weighted by Gasteiger charge is -2.10. The van der Waals surface area contributed by atoms with Gasteiger partial charge in [0.25, 0.3) is 0 Å². The van der Waals surface area contributed by atoms with Gasteiger partial charge in [0.1, 0.15) is 18.1 Å². The van der Waals surface area contributed by atoms with Crippen molar-refractivity contribution in [3.63, 3.8) is 0 Å². The Morgan fingerprint density at radius 1 is 0.957 bits per heavy atom. The molecule has 0 aliphatic heterocycles. The Balaban J connectivity index is 1.69. The average Bonchev–Trinajstić information content (AvgIpc) is 3.06. The molecule has 4 nitrogen and oxygen atoms in total. The Bertz CT molecular complexity index is 734. The van der Waals surface area contributed by atoms with Crippen molar-refractivity contribution in [1.82, 2.24) is 10.1 Å². The van der Waals surface area contributed by atoms with Gasteiger partial charge in [0.15, 0.2) is 5.76 Å². The fourth-order valence-electron chi connectivity index (χ4n) is 2.22. The average molecular weight is 308 g/mol. The highest BCUT2D eigenvalue weighted by Gasteiger charge is 2.08. The zero-order valence-corrected chi connectivity index (χ0v) is 13.4. The van der Waals surface area contributed by atoms with Gasteiger partial charge in [0.2, 0.25) is 0 Å². The van der Waals surface area contributed by atoms with Gasteiger partial charge in [0.05, 0.1) is 0 Å². The zero-order chi connectivity index (χ0) is 16.1. The van der Waals surface area contributed by atoms with Crippen molar-refractivity contribution in [3.05, 3.63) is 60.7 Å². The molecule has 3 rings (SSSR count). The molecule has 118 valence electrons. The van der Waals surface area contributed by atoms with Crippen LogP contribution in [-0.2, 0) is 0 Å². The van der Waals surface area contributed by atoms with E-state index >= 15 is 0 Å². The summed E-state index contributed by atoms with van der Waals surface area (Å²) < 4.78 is 11.1. The summed E-state index contributed by atoms with van der Waals surface area (Å²) in [6, 6.07) is 19.8. The first-order valence-corrected chi connectivity index (χ1v) is 7.62. The highest BCUT2D eigenvalue weighted by Crippen LogP contribution is 2.27. The van der Waals surface area contributed by atoms with E-state index in [0.717, 1.165) is 34.9 Å². The molecule has 0 radical (unpaired) electrons. The maximum Gasteiger partial charge on any atom is 0.167 e. The monoisotopic (exact) mass is 308 g/mol. The standard InChI is InChI=1S/C19H20N2O2/c1-21(2)12-13-22-17-10-8-15(9-11-17)18-14-19(23-20-18)16-6-4-3-5-7-16/h3-11,14H,12-13H2,1-2H3. The first-order chi connectivity index (χ1) is 11.2. The van der Waals surface area contributed by atoms with Gasteiger partial charge in [-0.1, -0.05) is 35.5 Å². The van der Waals surface area contributed by atoms with Crippen LogP contribution in [0.5, 0.6) is 5.75 Å². The molecule has 0 fully saturated rings. The molecule has 1 heterocycles. The van der Waals surface area contributed by atoms with E-state index in [2.05, 4.69) is 10.1 Å². The number of hydrogen-bond donors (Lipinski definition) is 0. The van der Waals surface area contributed by atoms with E-state index in [-0.39, 0.29) is 0 Å². The van der Waals surface area contributed by atoms with Crippen LogP contribution >= 0.6 is 0 Å². The molecule has 3 aromatic rings. The van der Waals surface area contributed by atoms with Crippen LogP contribution in [0.1, 0.15) is 0 Å². The molecular formula is C19H20N2O2. The van der Waals surface area contributed by atoms with Crippen LogP contribution in [0, 0.1) is 0 Å². The van der Waals surface area contributed by atoms with Gasteiger partial charge in [-0.3, -0.25) is 0 Å². The maximum absolute atomic E-state index is 5.70. The van der Waals surface area contributed by atoms with Crippen molar-refractivity contribution < 1.29 is 9.26 Å². The van der Waals surface area contributed by atoms with Gasteiger partial charge in [-0.25, -0.2) is 0 Å². The van der Waals surface area contributed by atoms with Crippen LogP contribution in [-0.4, -0.2) is 37.3 Å². The van der Waals surface area contributed by atoms with Crippen molar-refractivity contribution in [2.45, 2.75) is 0 Å². The van der Waals surface area contributed by atoms with E-state index in [9.17, 15) is 0 Å². The molecule has 23 heavy (non-hydrogen) atoms. The van der Waals surface area contributed by atoms with Crippen LogP contribution in [0.25, 0.3) is 22.6 Å². The van der Waals surface area contributed by atoms with Gasteiger partial charge in [-0.15, -0.1) is 0 Å². The van der Waals surface area contributed by atoms with Crippen LogP contribution in [0.4, 0.5) is 0 Å². The summed E-state index contributed by atoms with van der Waals surface area (Å²) in [6.07, 6.45) is 0.